The number of carbonyl (C=O) groups excluding carboxylic acids is 1. The highest BCUT2D eigenvalue weighted by atomic mass is 32.1. The average Bonchev–Trinajstić information content (AvgIpc) is 2.83. The lowest BCUT2D eigenvalue weighted by Crippen LogP contribution is -2.38. The van der Waals surface area contributed by atoms with Crippen molar-refractivity contribution in [2.75, 3.05) is 27.2 Å². The van der Waals surface area contributed by atoms with Crippen LogP contribution in [0.25, 0.3) is 0 Å². The molecular weight excluding hydrogens is 272 g/mol. The van der Waals surface area contributed by atoms with E-state index in [-0.39, 0.29) is 12.5 Å². The Morgan fingerprint density at radius 1 is 1.35 bits per heavy atom. The number of nitrogens with zero attached hydrogens (tertiary/aromatic N) is 2. The van der Waals surface area contributed by atoms with Crippen LogP contribution in [0.4, 0.5) is 0 Å². The summed E-state index contributed by atoms with van der Waals surface area (Å²) in [6.07, 6.45) is 1.01. The third-order valence-corrected chi connectivity index (χ3v) is 3.64. The van der Waals surface area contributed by atoms with Gasteiger partial charge in [-0.3, -0.25) is 4.79 Å². The SMILES string of the molecule is CCCNC(=NCC(=O)N(C)C)NCc1ccc(C)s1. The maximum atomic E-state index is 11.6. The fourth-order valence-corrected chi connectivity index (χ4v) is 2.29. The van der Waals surface area contributed by atoms with Gasteiger partial charge in [0.2, 0.25) is 5.91 Å². The van der Waals surface area contributed by atoms with Crippen LogP contribution in [0, 0.1) is 6.92 Å². The molecule has 0 fully saturated rings. The van der Waals surface area contributed by atoms with E-state index in [1.54, 1.807) is 30.3 Å². The van der Waals surface area contributed by atoms with E-state index in [9.17, 15) is 4.79 Å². The van der Waals surface area contributed by atoms with Gasteiger partial charge in [-0.15, -0.1) is 11.3 Å². The summed E-state index contributed by atoms with van der Waals surface area (Å²) >= 11 is 1.76. The standard InChI is InChI=1S/C14H24N4OS/c1-5-8-15-14(17-10-13(19)18(3)4)16-9-12-7-6-11(2)20-12/h6-7H,5,8-10H2,1-4H3,(H2,15,16,17). The molecule has 0 aliphatic rings. The largest absolute Gasteiger partial charge is 0.356 e. The zero-order valence-corrected chi connectivity index (χ0v) is 13.5. The number of rotatable bonds is 6. The van der Waals surface area contributed by atoms with E-state index in [1.807, 2.05) is 0 Å². The van der Waals surface area contributed by atoms with Crippen molar-refractivity contribution in [3.8, 4) is 0 Å². The maximum Gasteiger partial charge on any atom is 0.243 e. The lowest BCUT2D eigenvalue weighted by Gasteiger charge is -2.12. The zero-order chi connectivity index (χ0) is 15.0. The van der Waals surface area contributed by atoms with Crippen molar-refractivity contribution in [3.05, 3.63) is 21.9 Å². The Labute approximate surface area is 125 Å². The first-order chi connectivity index (χ1) is 9.52. The van der Waals surface area contributed by atoms with Crippen molar-refractivity contribution in [1.29, 1.82) is 0 Å². The Morgan fingerprint density at radius 2 is 2.10 bits per heavy atom. The monoisotopic (exact) mass is 296 g/mol. The van der Waals surface area contributed by atoms with Crippen molar-refractivity contribution < 1.29 is 4.79 Å². The molecule has 1 heterocycles. The van der Waals surface area contributed by atoms with Gasteiger partial charge in [-0.25, -0.2) is 4.99 Å². The Hall–Kier alpha value is -1.56. The van der Waals surface area contributed by atoms with Gasteiger partial charge in [0.05, 0.1) is 6.54 Å². The molecule has 0 saturated heterocycles. The minimum Gasteiger partial charge on any atom is -0.356 e. The molecule has 2 N–H and O–H groups in total. The van der Waals surface area contributed by atoms with Crippen LogP contribution >= 0.6 is 11.3 Å². The number of hydrogen-bond donors (Lipinski definition) is 2. The number of hydrogen-bond acceptors (Lipinski definition) is 3. The molecule has 1 aromatic rings. The number of carbonyl (C=O) groups is 1. The van der Waals surface area contributed by atoms with Gasteiger partial charge < -0.3 is 15.5 Å². The zero-order valence-electron chi connectivity index (χ0n) is 12.7. The fraction of sp³-hybridized carbons (Fsp3) is 0.571. The summed E-state index contributed by atoms with van der Waals surface area (Å²) in [5.41, 5.74) is 0. The van der Waals surface area contributed by atoms with Gasteiger partial charge in [0, 0.05) is 30.4 Å². The molecule has 5 nitrogen and oxygen atoms in total. The first-order valence-corrected chi connectivity index (χ1v) is 7.62. The molecule has 0 aromatic carbocycles. The van der Waals surface area contributed by atoms with Crippen LogP contribution in [0.2, 0.25) is 0 Å². The normalized spacial score (nSPS) is 11.3. The van der Waals surface area contributed by atoms with Gasteiger partial charge in [-0.1, -0.05) is 6.92 Å². The first kappa shape index (κ1) is 16.5. The van der Waals surface area contributed by atoms with Crippen molar-refractivity contribution in [2.24, 2.45) is 4.99 Å². The van der Waals surface area contributed by atoms with E-state index < -0.39 is 0 Å². The predicted octanol–water partition coefficient (Wildman–Crippen LogP) is 1.59. The Morgan fingerprint density at radius 3 is 2.65 bits per heavy atom. The van der Waals surface area contributed by atoms with Crippen LogP contribution in [0.5, 0.6) is 0 Å². The summed E-state index contributed by atoms with van der Waals surface area (Å²) in [5.74, 6) is 0.683. The minimum absolute atomic E-state index is 0.00503. The summed E-state index contributed by atoms with van der Waals surface area (Å²) in [6.45, 7) is 5.91. The second kappa shape index (κ2) is 8.58. The topological polar surface area (TPSA) is 56.7 Å². The van der Waals surface area contributed by atoms with Crippen LogP contribution < -0.4 is 10.6 Å². The summed E-state index contributed by atoms with van der Waals surface area (Å²) < 4.78 is 0. The molecule has 1 aromatic heterocycles. The number of likely N-dealkylation sites (N-methyl/N-ethyl adjacent to an activating group) is 1. The second-order valence-electron chi connectivity index (χ2n) is 4.75. The average molecular weight is 296 g/mol. The molecule has 0 radical (unpaired) electrons. The van der Waals surface area contributed by atoms with Crippen LogP contribution in [0.3, 0.4) is 0 Å². The van der Waals surface area contributed by atoms with E-state index in [4.69, 9.17) is 0 Å². The number of thiophene rings is 1. The van der Waals surface area contributed by atoms with Crippen molar-refractivity contribution in [3.63, 3.8) is 0 Å². The van der Waals surface area contributed by atoms with Crippen LogP contribution in [0.1, 0.15) is 23.1 Å². The summed E-state index contributed by atoms with van der Waals surface area (Å²) in [7, 11) is 3.47. The van der Waals surface area contributed by atoms with E-state index in [0.29, 0.717) is 5.96 Å². The lowest BCUT2D eigenvalue weighted by atomic mass is 10.4. The van der Waals surface area contributed by atoms with Crippen LogP contribution in [0.15, 0.2) is 17.1 Å². The molecule has 20 heavy (non-hydrogen) atoms. The highest BCUT2D eigenvalue weighted by molar-refractivity contribution is 7.11. The Balaban J connectivity index is 2.54. The van der Waals surface area contributed by atoms with Gasteiger partial charge >= 0.3 is 0 Å². The number of aliphatic imine (C=N–C) groups is 1. The Bertz CT molecular complexity index is 454. The molecule has 112 valence electrons. The number of nitrogens with one attached hydrogen (secondary N) is 2. The molecule has 0 unspecified atom stereocenters. The first-order valence-electron chi connectivity index (χ1n) is 6.80. The van der Waals surface area contributed by atoms with Gasteiger partial charge in [-0.2, -0.15) is 0 Å². The molecule has 6 heteroatoms. The molecule has 1 rings (SSSR count). The van der Waals surface area contributed by atoms with E-state index in [1.165, 1.54) is 9.75 Å². The quantitative estimate of drug-likeness (QED) is 0.619. The van der Waals surface area contributed by atoms with Crippen LogP contribution in [-0.2, 0) is 11.3 Å². The van der Waals surface area contributed by atoms with Gasteiger partial charge in [0.25, 0.3) is 0 Å². The molecule has 0 spiro atoms. The molecule has 1 amide bonds. The van der Waals surface area contributed by atoms with Crippen molar-refractivity contribution >= 4 is 23.2 Å². The second-order valence-corrected chi connectivity index (χ2v) is 6.12. The highest BCUT2D eigenvalue weighted by Gasteiger charge is 2.04. The van der Waals surface area contributed by atoms with Gasteiger partial charge in [-0.05, 0) is 25.5 Å². The minimum atomic E-state index is -0.00503. The van der Waals surface area contributed by atoms with Crippen molar-refractivity contribution in [1.82, 2.24) is 15.5 Å². The van der Waals surface area contributed by atoms with Gasteiger partial charge in [0.1, 0.15) is 6.54 Å². The summed E-state index contributed by atoms with van der Waals surface area (Å²) in [6, 6.07) is 4.21. The molecule has 0 aliphatic carbocycles. The third-order valence-electron chi connectivity index (χ3n) is 2.64. The molecule has 0 aliphatic heterocycles. The molecule has 0 bridgehead atoms. The molecular formula is C14H24N4OS. The predicted molar refractivity (Wildman–Crippen MR) is 85.2 cm³/mol. The third kappa shape index (κ3) is 6.06. The van der Waals surface area contributed by atoms with E-state index in [2.05, 4.69) is 41.6 Å². The number of aryl methyl sites for hydroxylation is 1. The fourth-order valence-electron chi connectivity index (χ4n) is 1.46. The molecule has 0 saturated carbocycles. The van der Waals surface area contributed by atoms with Crippen LogP contribution in [-0.4, -0.2) is 44.0 Å². The summed E-state index contributed by atoms with van der Waals surface area (Å²) in [5, 5.41) is 6.47. The maximum absolute atomic E-state index is 11.6. The Kier molecular flexibility index (Phi) is 7.08. The van der Waals surface area contributed by atoms with Gasteiger partial charge in [0.15, 0.2) is 5.96 Å². The van der Waals surface area contributed by atoms with Crippen molar-refractivity contribution in [2.45, 2.75) is 26.8 Å². The smallest absolute Gasteiger partial charge is 0.243 e. The highest BCUT2D eigenvalue weighted by Crippen LogP contribution is 2.14. The number of guanidine groups is 1. The van der Waals surface area contributed by atoms with E-state index in [0.717, 1.165) is 19.5 Å². The summed E-state index contributed by atoms with van der Waals surface area (Å²) in [4.78, 5) is 20.0. The number of amides is 1. The lowest BCUT2D eigenvalue weighted by molar-refractivity contribution is -0.127. The van der Waals surface area contributed by atoms with E-state index >= 15 is 0 Å². The molecule has 0 atom stereocenters.